The van der Waals surface area contributed by atoms with Crippen LogP contribution in [0.5, 0.6) is 0 Å². The summed E-state index contributed by atoms with van der Waals surface area (Å²) in [6.45, 7) is 4.35. The molecule has 0 bridgehead atoms. The SMILES string of the molecule is CC(CC(=O)Nc1ccc(-c2nccs2)cc1)C1CCNCC1.Cl. The van der Waals surface area contributed by atoms with Gasteiger partial charge in [0.25, 0.3) is 0 Å². The first-order chi connectivity index (χ1) is 11.2. The van der Waals surface area contributed by atoms with Crippen LogP contribution >= 0.6 is 23.7 Å². The average molecular weight is 366 g/mol. The molecule has 0 radical (unpaired) electrons. The maximum atomic E-state index is 12.2. The number of nitrogens with one attached hydrogen (secondary N) is 2. The van der Waals surface area contributed by atoms with Crippen LogP contribution in [0, 0.1) is 11.8 Å². The molecule has 3 rings (SSSR count). The molecule has 2 N–H and O–H groups in total. The lowest BCUT2D eigenvalue weighted by Gasteiger charge is -2.27. The van der Waals surface area contributed by atoms with Crippen molar-refractivity contribution >= 4 is 35.3 Å². The van der Waals surface area contributed by atoms with Gasteiger partial charge in [-0.3, -0.25) is 4.79 Å². The van der Waals surface area contributed by atoms with E-state index in [-0.39, 0.29) is 18.3 Å². The van der Waals surface area contributed by atoms with Crippen LogP contribution in [0.1, 0.15) is 26.2 Å². The van der Waals surface area contributed by atoms with Gasteiger partial charge in [-0.2, -0.15) is 0 Å². The Morgan fingerprint density at radius 2 is 2.04 bits per heavy atom. The summed E-state index contributed by atoms with van der Waals surface area (Å²) in [4.78, 5) is 16.5. The molecule has 1 fully saturated rings. The fourth-order valence-electron chi connectivity index (χ4n) is 3.15. The molecule has 0 spiro atoms. The summed E-state index contributed by atoms with van der Waals surface area (Å²) in [6, 6.07) is 7.91. The molecule has 2 aromatic rings. The molecule has 4 nitrogen and oxygen atoms in total. The number of aromatic nitrogens is 1. The van der Waals surface area contributed by atoms with E-state index >= 15 is 0 Å². The monoisotopic (exact) mass is 365 g/mol. The van der Waals surface area contributed by atoms with Crippen LogP contribution in [0.3, 0.4) is 0 Å². The van der Waals surface area contributed by atoms with E-state index in [1.165, 1.54) is 12.8 Å². The molecule has 24 heavy (non-hydrogen) atoms. The van der Waals surface area contributed by atoms with Crippen LogP contribution in [0.2, 0.25) is 0 Å². The number of carbonyl (C=O) groups is 1. The fourth-order valence-corrected chi connectivity index (χ4v) is 3.79. The van der Waals surface area contributed by atoms with Crippen LogP contribution in [0.25, 0.3) is 10.6 Å². The number of hydrogen-bond acceptors (Lipinski definition) is 4. The molecule has 1 atom stereocenters. The van der Waals surface area contributed by atoms with Gasteiger partial charge in [-0.25, -0.2) is 4.98 Å². The quantitative estimate of drug-likeness (QED) is 0.835. The molecule has 1 saturated heterocycles. The standard InChI is InChI=1S/C18H23N3OS.ClH/c1-13(14-6-8-19-9-7-14)12-17(22)21-16-4-2-15(3-5-16)18-20-10-11-23-18;/h2-5,10-11,13-14,19H,6-9,12H2,1H3,(H,21,22);1H. The lowest BCUT2D eigenvalue weighted by molar-refractivity contribution is -0.117. The van der Waals surface area contributed by atoms with Crippen LogP contribution < -0.4 is 10.6 Å². The summed E-state index contributed by atoms with van der Waals surface area (Å²) in [5, 5.41) is 9.36. The smallest absolute Gasteiger partial charge is 0.224 e. The van der Waals surface area contributed by atoms with Crippen molar-refractivity contribution in [1.29, 1.82) is 0 Å². The lowest BCUT2D eigenvalue weighted by Crippen LogP contribution is -2.32. The molecule has 1 aromatic carbocycles. The van der Waals surface area contributed by atoms with E-state index in [1.807, 2.05) is 29.6 Å². The first-order valence-corrected chi connectivity index (χ1v) is 9.11. The van der Waals surface area contributed by atoms with Crippen molar-refractivity contribution in [2.24, 2.45) is 11.8 Å². The molecule has 1 aromatic heterocycles. The van der Waals surface area contributed by atoms with E-state index in [0.717, 1.165) is 29.3 Å². The van der Waals surface area contributed by atoms with Gasteiger partial charge < -0.3 is 10.6 Å². The Bertz CT molecular complexity index is 624. The summed E-state index contributed by atoms with van der Waals surface area (Å²) in [6.07, 6.45) is 4.75. The van der Waals surface area contributed by atoms with Gasteiger partial charge in [0.05, 0.1) is 0 Å². The Kier molecular flexibility index (Phi) is 7.21. The van der Waals surface area contributed by atoms with Gasteiger partial charge in [-0.1, -0.05) is 6.92 Å². The van der Waals surface area contributed by atoms with Gasteiger partial charge >= 0.3 is 0 Å². The maximum absolute atomic E-state index is 12.2. The minimum absolute atomic E-state index is 0. The van der Waals surface area contributed by atoms with E-state index < -0.39 is 0 Å². The largest absolute Gasteiger partial charge is 0.326 e. The lowest BCUT2D eigenvalue weighted by atomic mass is 9.84. The molecule has 0 aliphatic carbocycles. The number of rotatable bonds is 5. The molecule has 130 valence electrons. The molecular weight excluding hydrogens is 342 g/mol. The second kappa shape index (κ2) is 9.16. The van der Waals surface area contributed by atoms with Crippen molar-refractivity contribution < 1.29 is 4.79 Å². The summed E-state index contributed by atoms with van der Waals surface area (Å²) >= 11 is 1.62. The van der Waals surface area contributed by atoms with Crippen molar-refractivity contribution in [2.45, 2.75) is 26.2 Å². The first-order valence-electron chi connectivity index (χ1n) is 8.23. The van der Waals surface area contributed by atoms with Crippen LogP contribution in [-0.2, 0) is 4.79 Å². The zero-order valence-corrected chi connectivity index (χ0v) is 15.5. The van der Waals surface area contributed by atoms with Gasteiger partial charge in [-0.15, -0.1) is 23.7 Å². The topological polar surface area (TPSA) is 54.0 Å². The van der Waals surface area contributed by atoms with E-state index in [1.54, 1.807) is 17.5 Å². The maximum Gasteiger partial charge on any atom is 0.224 e. The predicted molar refractivity (Wildman–Crippen MR) is 103 cm³/mol. The first kappa shape index (κ1) is 18.9. The molecule has 1 unspecified atom stereocenters. The van der Waals surface area contributed by atoms with Crippen molar-refractivity contribution in [3.63, 3.8) is 0 Å². The van der Waals surface area contributed by atoms with Crippen molar-refractivity contribution in [3.05, 3.63) is 35.8 Å². The Morgan fingerprint density at radius 1 is 1.33 bits per heavy atom. The average Bonchev–Trinajstić information content (AvgIpc) is 3.11. The molecule has 0 saturated carbocycles. The number of hydrogen-bond donors (Lipinski definition) is 2. The van der Waals surface area contributed by atoms with E-state index in [4.69, 9.17) is 0 Å². The molecule has 6 heteroatoms. The Morgan fingerprint density at radius 3 is 2.67 bits per heavy atom. The van der Waals surface area contributed by atoms with Gasteiger partial charge in [0, 0.05) is 29.2 Å². The fraction of sp³-hybridized carbons (Fsp3) is 0.444. The Balaban J connectivity index is 0.00000208. The molecular formula is C18H24ClN3OS. The second-order valence-corrected chi connectivity index (χ2v) is 7.13. The number of nitrogens with zero attached hydrogens (tertiary/aromatic N) is 1. The number of piperidine rings is 1. The summed E-state index contributed by atoms with van der Waals surface area (Å²) in [5.41, 5.74) is 1.94. The van der Waals surface area contributed by atoms with Gasteiger partial charge in [0.15, 0.2) is 0 Å². The minimum Gasteiger partial charge on any atom is -0.326 e. The van der Waals surface area contributed by atoms with Crippen LogP contribution in [0.15, 0.2) is 35.8 Å². The highest BCUT2D eigenvalue weighted by molar-refractivity contribution is 7.13. The number of amides is 1. The van der Waals surface area contributed by atoms with E-state index in [2.05, 4.69) is 22.5 Å². The van der Waals surface area contributed by atoms with Gasteiger partial charge in [0.2, 0.25) is 5.91 Å². The molecule has 1 aliphatic heterocycles. The van der Waals surface area contributed by atoms with Crippen LogP contribution in [-0.4, -0.2) is 24.0 Å². The zero-order chi connectivity index (χ0) is 16.1. The van der Waals surface area contributed by atoms with Crippen LogP contribution in [0.4, 0.5) is 5.69 Å². The highest BCUT2D eigenvalue weighted by Gasteiger charge is 2.22. The summed E-state index contributed by atoms with van der Waals surface area (Å²) < 4.78 is 0. The van der Waals surface area contributed by atoms with E-state index in [9.17, 15) is 4.79 Å². The third kappa shape index (κ3) is 5.03. The number of anilines is 1. The Labute approximate surface area is 153 Å². The summed E-state index contributed by atoms with van der Waals surface area (Å²) in [7, 11) is 0. The minimum atomic E-state index is 0. The Hall–Kier alpha value is -1.43. The van der Waals surface area contributed by atoms with Crippen molar-refractivity contribution in [2.75, 3.05) is 18.4 Å². The normalized spacial score (nSPS) is 16.2. The third-order valence-electron chi connectivity index (χ3n) is 4.54. The second-order valence-electron chi connectivity index (χ2n) is 6.23. The number of thiazole rings is 1. The highest BCUT2D eigenvalue weighted by atomic mass is 35.5. The van der Waals surface area contributed by atoms with Crippen molar-refractivity contribution in [1.82, 2.24) is 10.3 Å². The molecule has 1 amide bonds. The number of halogens is 1. The van der Waals surface area contributed by atoms with E-state index in [0.29, 0.717) is 18.3 Å². The van der Waals surface area contributed by atoms with Crippen molar-refractivity contribution in [3.8, 4) is 10.6 Å². The highest BCUT2D eigenvalue weighted by Crippen LogP contribution is 2.26. The number of carbonyl (C=O) groups excluding carboxylic acids is 1. The molecule has 1 aliphatic rings. The summed E-state index contributed by atoms with van der Waals surface area (Å²) in [5.74, 6) is 1.21. The van der Waals surface area contributed by atoms with Gasteiger partial charge in [-0.05, 0) is 62.0 Å². The third-order valence-corrected chi connectivity index (χ3v) is 5.37. The predicted octanol–water partition coefficient (Wildman–Crippen LogP) is 4.20. The number of benzene rings is 1. The zero-order valence-electron chi connectivity index (χ0n) is 13.8. The van der Waals surface area contributed by atoms with Gasteiger partial charge in [0.1, 0.15) is 5.01 Å². The molecule has 2 heterocycles.